The summed E-state index contributed by atoms with van der Waals surface area (Å²) in [6.07, 6.45) is -38.2. The standard InChI is InChI=1S/C66H102O29/c1-14-26(3)53(81)93-50-51(94-54(82)27(4)15-2)66-34(22-60(50,7)8)65(95-59(66)83)21-17-33-62(11)19-18-35(61(9,10)32(62)16-20-63(33,12)64(65,13)23-36(66)85-29(6)69)88-58-49(92-56-44(77)41(74)38(71)30(24-67)86-56)46(45(78)47(90-58)52(79)80)89-57-48(42(75)39(72)31(25-68)87-57)91-55-43(76)40(73)37(70)28(5)84-55/h14-15,28,30-51,55-59,67-68,70-78,83H,16-25H2,1-13H3,(H,79,80)/b26-14-,27-15-/t28-,30+,31+,32-,33+,34-,35-,36+,37-,38-,39-,40+,41-,42-,43+,44+,45-,46-,47-,48+,49+,50-,51-,55-,56-,57-,58+,59-,62-,63+,64-,65-,66+/m0/s1. The van der Waals surface area contributed by atoms with Gasteiger partial charge in [0.25, 0.3) is 0 Å². The average Bonchev–Trinajstić information content (AvgIpc) is 1.58. The van der Waals surface area contributed by atoms with Crippen LogP contribution in [-0.4, -0.2) is 263 Å². The van der Waals surface area contributed by atoms with Gasteiger partial charge in [-0.25, -0.2) is 14.4 Å². The quantitative estimate of drug-likeness (QED) is 0.0406. The van der Waals surface area contributed by atoms with Crippen LogP contribution >= 0.6 is 0 Å². The van der Waals surface area contributed by atoms with Crippen molar-refractivity contribution < 1.29 is 142 Å². The normalized spacial score (nSPS) is 51.0. The maximum atomic E-state index is 14.2. The topological polar surface area (TPSA) is 442 Å². The Kier molecular flexibility index (Phi) is 20.9. The molecule has 10 fully saturated rings. The van der Waals surface area contributed by atoms with Crippen molar-refractivity contribution in [3.8, 4) is 0 Å². The van der Waals surface area contributed by atoms with E-state index in [9.17, 15) is 85.6 Å². The number of rotatable bonds is 16. The van der Waals surface area contributed by atoms with E-state index in [0.717, 1.165) is 0 Å². The lowest BCUT2D eigenvalue weighted by Crippen LogP contribution is -2.77. The van der Waals surface area contributed by atoms with Crippen molar-refractivity contribution in [1.82, 2.24) is 0 Å². The van der Waals surface area contributed by atoms with Crippen molar-refractivity contribution in [2.75, 3.05) is 13.2 Å². The molecule has 29 nitrogen and oxygen atoms in total. The number of ether oxygens (including phenoxy) is 12. The SMILES string of the molecule is C/C=C(/C)C(=O)O[C@H]1[C@H](OC(=O)/C(C)=C\C)[C@@]23[C@@H](CC1(C)C)[C@]1(CC[C@@H]4[C@@]5(C)CC[C@H](O[C@@H]6O[C@H](C(=O)O)[C@@H](O)[C@H](O[C@@H]7O[C@H](CO)[C@H](O)[C@H](O)[C@H]7O[C@@H]7O[C@@H](C)[C@H](O)[C@@H](O)[C@H]7O)[C@H]6O[C@@H]6O[C@H](CO)[C@H](O)[C@H](O)[C@H]6O)C(C)(C)[C@@H]5CC[C@@]4(C)[C@]1(C)C[C@H]2OC(C)=O)O[C@@H]3O. The van der Waals surface area contributed by atoms with Crippen molar-refractivity contribution in [2.24, 2.45) is 50.2 Å². The molecule has 5 saturated carbocycles. The van der Waals surface area contributed by atoms with E-state index >= 15 is 0 Å². The zero-order valence-electron chi connectivity index (χ0n) is 56.2. The van der Waals surface area contributed by atoms with Gasteiger partial charge in [-0.05, 0) is 114 Å². The van der Waals surface area contributed by atoms with Gasteiger partial charge in [0.05, 0.1) is 31.0 Å². The van der Waals surface area contributed by atoms with Crippen LogP contribution in [-0.2, 0) is 76.0 Å². The van der Waals surface area contributed by atoms with E-state index in [0.29, 0.717) is 44.1 Å². The van der Waals surface area contributed by atoms with Crippen LogP contribution < -0.4 is 0 Å². The van der Waals surface area contributed by atoms with E-state index in [1.165, 1.54) is 13.8 Å². The van der Waals surface area contributed by atoms with Crippen LogP contribution in [0.3, 0.4) is 0 Å². The van der Waals surface area contributed by atoms with Crippen LogP contribution in [0.5, 0.6) is 0 Å². The highest BCUT2D eigenvalue weighted by Gasteiger charge is 2.86. The fourth-order valence-corrected chi connectivity index (χ4v) is 19.5. The Morgan fingerprint density at radius 3 is 1.62 bits per heavy atom. The number of carboxylic acid groups (broad SMARTS) is 1. The number of carbonyl (C=O) groups excluding carboxylic acids is 3. The monoisotopic (exact) mass is 1360 g/mol. The highest BCUT2D eigenvalue weighted by molar-refractivity contribution is 5.89. The molecule has 13 N–H and O–H groups in total. The van der Waals surface area contributed by atoms with Crippen LogP contribution in [0.1, 0.15) is 141 Å². The first kappa shape index (κ1) is 74.2. The largest absolute Gasteiger partial charge is 0.479 e. The first-order chi connectivity index (χ1) is 44.3. The number of esters is 3. The van der Waals surface area contributed by atoms with Gasteiger partial charge in [-0.1, -0.05) is 60.6 Å². The molecule has 29 heteroatoms. The van der Waals surface area contributed by atoms with Gasteiger partial charge < -0.3 is 123 Å². The summed E-state index contributed by atoms with van der Waals surface area (Å²) in [7, 11) is 0. The van der Waals surface area contributed by atoms with Crippen molar-refractivity contribution in [2.45, 2.75) is 301 Å². The number of hydrogen-bond acceptors (Lipinski definition) is 28. The van der Waals surface area contributed by atoms with Gasteiger partial charge in [0, 0.05) is 34.8 Å². The molecule has 0 amide bonds. The molecule has 540 valence electrons. The highest BCUT2D eigenvalue weighted by atomic mass is 16.8. The molecular weight excluding hydrogens is 1260 g/mol. The van der Waals surface area contributed by atoms with Crippen LogP contribution in [0.2, 0.25) is 0 Å². The molecule has 10 aliphatic rings. The molecule has 95 heavy (non-hydrogen) atoms. The lowest BCUT2D eigenvalue weighted by Gasteiger charge is -2.75. The second-order valence-corrected chi connectivity index (χ2v) is 30.6. The van der Waals surface area contributed by atoms with Gasteiger partial charge >= 0.3 is 23.9 Å². The number of aliphatic hydroxyl groups excluding tert-OH is 12. The summed E-state index contributed by atoms with van der Waals surface area (Å²) in [4.78, 5) is 55.1. The zero-order chi connectivity index (χ0) is 70.1. The van der Waals surface area contributed by atoms with E-state index in [-0.39, 0.29) is 30.3 Å². The number of carbonyl (C=O) groups is 4. The molecular formula is C66H102O29. The first-order valence-corrected chi connectivity index (χ1v) is 33.4. The molecule has 0 aromatic heterocycles. The van der Waals surface area contributed by atoms with Gasteiger partial charge in [0.2, 0.25) is 0 Å². The fraction of sp³-hybridized carbons (Fsp3) is 0.879. The number of hydrogen-bond donors (Lipinski definition) is 13. The van der Waals surface area contributed by atoms with Crippen molar-refractivity contribution in [3.05, 3.63) is 23.3 Å². The highest BCUT2D eigenvalue weighted by Crippen LogP contribution is 2.82. The number of carboxylic acids is 1. The van der Waals surface area contributed by atoms with Crippen LogP contribution in [0, 0.1) is 50.2 Å². The van der Waals surface area contributed by atoms with Crippen molar-refractivity contribution in [1.29, 1.82) is 0 Å². The van der Waals surface area contributed by atoms with Gasteiger partial charge in [0.15, 0.2) is 43.7 Å². The average molecular weight is 1360 g/mol. The first-order valence-electron chi connectivity index (χ1n) is 33.4. The lowest BCUT2D eigenvalue weighted by molar-refractivity contribution is -0.406. The third-order valence-electron chi connectivity index (χ3n) is 25.0. The Hall–Kier alpha value is -3.48. The smallest absolute Gasteiger partial charge is 0.335 e. The predicted molar refractivity (Wildman–Crippen MR) is 321 cm³/mol. The maximum Gasteiger partial charge on any atom is 0.335 e. The molecule has 5 aliphatic heterocycles. The lowest BCUT2D eigenvalue weighted by atomic mass is 9.30. The summed E-state index contributed by atoms with van der Waals surface area (Å²) in [5, 5.41) is 145. The molecule has 2 bridgehead atoms. The van der Waals surface area contributed by atoms with Crippen LogP contribution in [0.25, 0.3) is 0 Å². The molecule has 10 rings (SSSR count). The molecule has 0 radical (unpaired) electrons. The predicted octanol–water partition coefficient (Wildman–Crippen LogP) is -0.366. The summed E-state index contributed by atoms with van der Waals surface area (Å²) in [5.74, 6) is -4.68. The Bertz CT molecular complexity index is 2890. The van der Waals surface area contributed by atoms with Gasteiger partial charge in [-0.2, -0.15) is 0 Å². The third-order valence-corrected chi connectivity index (χ3v) is 25.0. The summed E-state index contributed by atoms with van der Waals surface area (Å²) >= 11 is 0. The molecule has 1 spiro atoms. The molecule has 0 aromatic rings. The van der Waals surface area contributed by atoms with Crippen LogP contribution in [0.15, 0.2) is 23.3 Å². The van der Waals surface area contributed by atoms with Gasteiger partial charge in [0.1, 0.15) is 103 Å². The summed E-state index contributed by atoms with van der Waals surface area (Å²) < 4.78 is 76.1. The maximum absolute atomic E-state index is 14.2. The van der Waals surface area contributed by atoms with E-state index in [1.54, 1.807) is 39.8 Å². The summed E-state index contributed by atoms with van der Waals surface area (Å²) in [6, 6.07) is 0. The number of fused-ring (bicyclic) bond motifs is 4. The van der Waals surface area contributed by atoms with Crippen LogP contribution in [0.4, 0.5) is 0 Å². The molecule has 5 heterocycles. The number of aliphatic carboxylic acids is 1. The molecule has 0 unspecified atom stereocenters. The minimum atomic E-state index is -2.31. The Labute approximate surface area is 551 Å². The number of aliphatic hydroxyl groups is 12. The minimum Gasteiger partial charge on any atom is -0.479 e. The summed E-state index contributed by atoms with van der Waals surface area (Å²) in [5.41, 5.74) is -6.04. The molecule has 5 saturated heterocycles. The second-order valence-electron chi connectivity index (χ2n) is 30.6. The van der Waals surface area contributed by atoms with Gasteiger partial charge in [-0.15, -0.1) is 0 Å². The zero-order valence-corrected chi connectivity index (χ0v) is 56.2. The van der Waals surface area contributed by atoms with E-state index in [4.69, 9.17) is 56.8 Å². The van der Waals surface area contributed by atoms with Gasteiger partial charge in [-0.3, -0.25) is 4.79 Å². The van der Waals surface area contributed by atoms with E-state index in [2.05, 4.69) is 20.8 Å². The third kappa shape index (κ3) is 11.8. The fourth-order valence-electron chi connectivity index (χ4n) is 19.5. The van der Waals surface area contributed by atoms with Crippen molar-refractivity contribution >= 4 is 23.9 Å². The Balaban J connectivity index is 0.996. The van der Waals surface area contributed by atoms with E-state index in [1.807, 2.05) is 27.7 Å². The minimum absolute atomic E-state index is 0.104. The molecule has 5 aliphatic carbocycles. The molecule has 0 aromatic carbocycles. The Morgan fingerprint density at radius 1 is 0.516 bits per heavy atom. The Morgan fingerprint density at radius 2 is 1.04 bits per heavy atom. The summed E-state index contributed by atoms with van der Waals surface area (Å²) in [6.45, 7) is 21.9. The van der Waals surface area contributed by atoms with E-state index < -0.39 is 235 Å². The van der Waals surface area contributed by atoms with Crippen molar-refractivity contribution in [3.63, 3.8) is 0 Å². The number of allylic oxidation sites excluding steroid dienone is 2. The molecule has 33 atom stereocenters. The second kappa shape index (κ2) is 26.8.